The molecule has 0 aromatic heterocycles. The van der Waals surface area contributed by atoms with Gasteiger partial charge in [0.1, 0.15) is 18.2 Å². The van der Waals surface area contributed by atoms with E-state index in [-0.39, 0.29) is 0 Å². The largest absolute Gasteiger partial charge is 0.413 e. The van der Waals surface area contributed by atoms with E-state index in [9.17, 15) is 31.8 Å². The van der Waals surface area contributed by atoms with Gasteiger partial charge in [0.15, 0.2) is 5.78 Å². The van der Waals surface area contributed by atoms with E-state index in [0.717, 1.165) is 0 Å². The molecule has 1 unspecified atom stereocenters. The maximum Gasteiger partial charge on any atom is 0.413 e. The van der Waals surface area contributed by atoms with E-state index >= 15 is 0 Å². The first kappa shape index (κ1) is 21.2. The maximum atomic E-state index is 11.5. The lowest BCUT2D eigenvalue weighted by molar-refractivity contribution is -0.163. The topological polar surface area (TPSA) is 237 Å². The fourth-order valence-corrected chi connectivity index (χ4v) is 1.62. The van der Waals surface area contributed by atoms with Crippen LogP contribution in [0.4, 0.5) is 0 Å². The van der Waals surface area contributed by atoms with Gasteiger partial charge in [-0.05, 0) is 0 Å². The molecule has 0 aromatic carbocycles. The molecule has 132 valence electrons. The number of carbonyl (C=O) groups excluding carboxylic acids is 1. The molecule has 14 nitrogen and oxygen atoms in total. The second kappa shape index (κ2) is 8.17. The molecular formula is C6H13NO13S2. The summed E-state index contributed by atoms with van der Waals surface area (Å²) >= 11 is 0. The van der Waals surface area contributed by atoms with E-state index < -0.39 is 57.7 Å². The summed E-state index contributed by atoms with van der Waals surface area (Å²) < 4.78 is 64.5. The highest BCUT2D eigenvalue weighted by atomic mass is 32.3. The number of ketones is 1. The lowest BCUT2D eigenvalue weighted by Gasteiger charge is -2.23. The smallest absolute Gasteiger partial charge is 0.394 e. The van der Waals surface area contributed by atoms with E-state index in [1.807, 2.05) is 0 Å². The Bertz CT molecular complexity index is 569. The molecule has 0 aliphatic carbocycles. The van der Waals surface area contributed by atoms with Crippen LogP contribution in [0.5, 0.6) is 0 Å². The Hall–Kier alpha value is -0.790. The van der Waals surface area contributed by atoms with Crippen LogP contribution in [0.25, 0.3) is 0 Å². The average Bonchev–Trinajstić information content (AvgIpc) is 2.34. The molecule has 4 atom stereocenters. The molecule has 0 fully saturated rings. The van der Waals surface area contributed by atoms with E-state index in [1.54, 1.807) is 0 Å². The number of hydrogen-bond acceptors (Lipinski definition) is 12. The number of hydroxylamine groups is 1. The van der Waals surface area contributed by atoms with E-state index in [0.29, 0.717) is 0 Å². The molecule has 0 heterocycles. The van der Waals surface area contributed by atoms with Crippen molar-refractivity contribution in [3.63, 3.8) is 0 Å². The zero-order valence-electron chi connectivity index (χ0n) is 10.4. The molecular weight excluding hydrogens is 358 g/mol. The van der Waals surface area contributed by atoms with Crippen molar-refractivity contribution >= 4 is 26.6 Å². The second-order valence-electron chi connectivity index (χ2n) is 3.62. The highest BCUT2D eigenvalue weighted by Crippen LogP contribution is 2.08. The third-order valence-electron chi connectivity index (χ3n) is 1.95. The maximum absolute atomic E-state index is 11.5. The fraction of sp³-hybridized carbons (Fsp3) is 0.833. The van der Waals surface area contributed by atoms with Crippen LogP contribution in [0, 0.1) is 0 Å². The Kier molecular flexibility index (Phi) is 7.88. The molecule has 0 saturated carbocycles. The van der Waals surface area contributed by atoms with Gasteiger partial charge in [-0.15, -0.1) is 0 Å². The normalized spacial score (nSPS) is 18.5. The van der Waals surface area contributed by atoms with Crippen molar-refractivity contribution in [2.75, 3.05) is 6.61 Å². The van der Waals surface area contributed by atoms with Gasteiger partial charge in [-0.2, -0.15) is 26.6 Å². The fourth-order valence-electron chi connectivity index (χ4n) is 1.02. The number of aliphatic hydroxyl groups is 4. The lowest BCUT2D eigenvalue weighted by Crippen LogP contribution is -2.52. The highest BCUT2D eigenvalue weighted by Gasteiger charge is 2.37. The minimum Gasteiger partial charge on any atom is -0.394 e. The minimum atomic E-state index is -5.22. The second-order valence-corrected chi connectivity index (χ2v) is 5.69. The van der Waals surface area contributed by atoms with Crippen LogP contribution in [0.15, 0.2) is 0 Å². The zero-order valence-corrected chi connectivity index (χ0v) is 12.0. The molecule has 16 heteroatoms. The lowest BCUT2D eigenvalue weighted by atomic mass is 10.0. The van der Waals surface area contributed by atoms with Crippen molar-refractivity contribution in [2.45, 2.75) is 24.5 Å². The van der Waals surface area contributed by atoms with Gasteiger partial charge in [0.25, 0.3) is 0 Å². The van der Waals surface area contributed by atoms with Gasteiger partial charge < -0.3 is 20.4 Å². The van der Waals surface area contributed by atoms with Gasteiger partial charge in [0.2, 0.25) is 6.29 Å². The molecule has 0 aliphatic rings. The van der Waals surface area contributed by atoms with Crippen LogP contribution >= 0.6 is 0 Å². The molecule has 0 bridgehead atoms. The summed E-state index contributed by atoms with van der Waals surface area (Å²) in [5.74, 6) is -1.57. The molecule has 0 spiro atoms. The van der Waals surface area contributed by atoms with Gasteiger partial charge in [0.05, 0.1) is 6.61 Å². The predicted octanol–water partition coefficient (Wildman–Crippen LogP) is -4.90. The Morgan fingerprint density at radius 1 is 1.05 bits per heavy atom. The third kappa shape index (κ3) is 8.00. The molecule has 0 radical (unpaired) electrons. The number of nitrogens with one attached hydrogen (secondary N) is 1. The molecule has 0 aliphatic heterocycles. The van der Waals surface area contributed by atoms with Gasteiger partial charge in [0, 0.05) is 0 Å². The SMILES string of the molecule is O=C([C@H](CO)NOS(=O)(=O)O)[C@H](O)[C@H](O)C(O)OS(=O)(=O)O. The first-order valence-corrected chi connectivity index (χ1v) is 7.77. The number of rotatable bonds is 10. The van der Waals surface area contributed by atoms with E-state index in [4.69, 9.17) is 19.3 Å². The summed E-state index contributed by atoms with van der Waals surface area (Å²) in [6, 6.07) is -2.00. The number of hydrogen-bond donors (Lipinski definition) is 7. The van der Waals surface area contributed by atoms with Crippen LogP contribution in [-0.4, -0.2) is 83.3 Å². The summed E-state index contributed by atoms with van der Waals surface area (Å²) in [6.07, 6.45) is -7.95. The summed E-state index contributed by atoms with van der Waals surface area (Å²) in [6.45, 7) is -1.19. The Morgan fingerprint density at radius 3 is 1.91 bits per heavy atom. The van der Waals surface area contributed by atoms with Crippen LogP contribution < -0.4 is 5.48 Å². The summed E-state index contributed by atoms with van der Waals surface area (Å²) in [5, 5.41) is 36.4. The average molecular weight is 371 g/mol. The number of carbonyl (C=O) groups is 1. The van der Waals surface area contributed by atoms with Crippen molar-refractivity contribution in [3.05, 3.63) is 0 Å². The van der Waals surface area contributed by atoms with Crippen LogP contribution in [0.3, 0.4) is 0 Å². The first-order chi connectivity index (χ1) is 9.78. The molecule has 0 rings (SSSR count). The molecule has 0 aromatic rings. The minimum absolute atomic E-state index is 1.19. The number of Topliss-reactive ketones (excluding diaryl/α,β-unsaturated/α-hetero) is 1. The molecule has 22 heavy (non-hydrogen) atoms. The third-order valence-corrected chi connectivity index (χ3v) is 2.70. The summed E-state index contributed by atoms with van der Waals surface area (Å²) in [4.78, 5) is 11.5. The van der Waals surface area contributed by atoms with Crippen LogP contribution in [-0.2, 0) is 34.1 Å². The van der Waals surface area contributed by atoms with Crippen molar-refractivity contribution in [2.24, 2.45) is 0 Å². The Morgan fingerprint density at radius 2 is 1.55 bits per heavy atom. The summed E-state index contributed by atoms with van der Waals surface area (Å²) in [5.41, 5.74) is 1.33. The van der Waals surface area contributed by atoms with Gasteiger partial charge in [-0.1, -0.05) is 0 Å². The predicted molar refractivity (Wildman–Crippen MR) is 62.3 cm³/mol. The van der Waals surface area contributed by atoms with Gasteiger partial charge in [-0.25, -0.2) is 4.18 Å². The van der Waals surface area contributed by atoms with Crippen molar-refractivity contribution in [1.29, 1.82) is 0 Å². The molecule has 0 saturated heterocycles. The zero-order chi connectivity index (χ0) is 17.7. The van der Waals surface area contributed by atoms with E-state index in [2.05, 4.69) is 8.47 Å². The molecule has 7 N–H and O–H groups in total. The van der Waals surface area contributed by atoms with E-state index in [1.165, 1.54) is 5.48 Å². The highest BCUT2D eigenvalue weighted by molar-refractivity contribution is 7.81. The number of aliphatic hydroxyl groups excluding tert-OH is 4. The van der Waals surface area contributed by atoms with Crippen molar-refractivity contribution in [1.82, 2.24) is 5.48 Å². The van der Waals surface area contributed by atoms with Gasteiger partial charge >= 0.3 is 20.8 Å². The summed E-state index contributed by atoms with van der Waals surface area (Å²) in [7, 11) is -10.3. The molecule has 0 amide bonds. The standard InChI is InChI=1S/C6H13NO13S2/c8-1-2(7-20-22(16,17)18)3(9)4(10)5(11)6(12)19-21(13,14)15/h2,4-8,10-12H,1H2,(H,13,14,15)(H,16,17,18)/t2-,4-,5-,6?/m0/s1. The Balaban J connectivity index is 4.86. The first-order valence-electron chi connectivity index (χ1n) is 5.04. The van der Waals surface area contributed by atoms with Crippen molar-refractivity contribution in [3.8, 4) is 0 Å². The van der Waals surface area contributed by atoms with Crippen LogP contribution in [0.1, 0.15) is 0 Å². The Labute approximate surface area is 123 Å². The quantitative estimate of drug-likeness (QED) is 0.108. The van der Waals surface area contributed by atoms with Crippen molar-refractivity contribution < 1.29 is 59.6 Å². The monoisotopic (exact) mass is 371 g/mol. The van der Waals surface area contributed by atoms with Crippen LogP contribution in [0.2, 0.25) is 0 Å². The van der Waals surface area contributed by atoms with Gasteiger partial charge in [-0.3, -0.25) is 13.9 Å².